The standard InChI is InChI=1S/C22H32N4OS/c1-5-6-12-26-18(3)17(2)23-22(26)28-19(4)21(27)25-15-13-24(14-16-25)20-10-8-7-9-11-20/h7-11,19H,5-6,12-16H2,1-4H3. The van der Waals surface area contributed by atoms with Crippen molar-refractivity contribution >= 4 is 23.4 Å². The van der Waals surface area contributed by atoms with Crippen LogP contribution in [0.5, 0.6) is 0 Å². The number of unbranched alkanes of at least 4 members (excludes halogenated alkanes) is 1. The van der Waals surface area contributed by atoms with Gasteiger partial charge in [-0.1, -0.05) is 43.3 Å². The Morgan fingerprint density at radius 1 is 1.14 bits per heavy atom. The molecule has 0 saturated carbocycles. The molecule has 0 spiro atoms. The summed E-state index contributed by atoms with van der Waals surface area (Å²) in [5.74, 6) is 0.220. The van der Waals surface area contributed by atoms with Crippen molar-refractivity contribution in [3.05, 3.63) is 41.7 Å². The number of hydrogen-bond acceptors (Lipinski definition) is 4. The summed E-state index contributed by atoms with van der Waals surface area (Å²) in [5, 5.41) is 0.858. The molecule has 0 N–H and O–H groups in total. The molecule has 28 heavy (non-hydrogen) atoms. The first-order valence-corrected chi connectivity index (χ1v) is 11.2. The molecule has 2 heterocycles. The van der Waals surface area contributed by atoms with Gasteiger partial charge >= 0.3 is 0 Å². The van der Waals surface area contributed by atoms with E-state index in [9.17, 15) is 4.79 Å². The van der Waals surface area contributed by atoms with Crippen molar-refractivity contribution in [2.75, 3.05) is 31.1 Å². The van der Waals surface area contributed by atoms with E-state index in [1.807, 2.05) is 17.9 Å². The van der Waals surface area contributed by atoms with Crippen LogP contribution in [0.1, 0.15) is 38.1 Å². The topological polar surface area (TPSA) is 41.4 Å². The summed E-state index contributed by atoms with van der Waals surface area (Å²) in [7, 11) is 0. The maximum absolute atomic E-state index is 13.0. The lowest BCUT2D eigenvalue weighted by molar-refractivity contribution is -0.130. The molecule has 1 atom stereocenters. The zero-order chi connectivity index (χ0) is 20.1. The lowest BCUT2D eigenvalue weighted by Crippen LogP contribution is -2.50. The summed E-state index contributed by atoms with van der Waals surface area (Å²) in [6.07, 6.45) is 2.29. The van der Waals surface area contributed by atoms with Crippen LogP contribution in [0.15, 0.2) is 35.5 Å². The number of carbonyl (C=O) groups excluding carboxylic acids is 1. The van der Waals surface area contributed by atoms with Crippen molar-refractivity contribution in [2.24, 2.45) is 0 Å². The predicted octanol–water partition coefficient (Wildman–Crippen LogP) is 4.13. The summed E-state index contributed by atoms with van der Waals surface area (Å²) in [6.45, 7) is 12.7. The number of para-hydroxylation sites is 1. The van der Waals surface area contributed by atoms with Crippen LogP contribution < -0.4 is 4.90 Å². The molecule has 1 unspecified atom stereocenters. The van der Waals surface area contributed by atoms with Crippen LogP contribution in [0.25, 0.3) is 0 Å². The maximum atomic E-state index is 13.0. The molecule has 1 aromatic carbocycles. The van der Waals surface area contributed by atoms with Gasteiger partial charge < -0.3 is 14.4 Å². The van der Waals surface area contributed by atoms with Gasteiger partial charge in [0.2, 0.25) is 5.91 Å². The molecule has 1 fully saturated rings. The quantitative estimate of drug-likeness (QED) is 0.656. The van der Waals surface area contributed by atoms with Crippen LogP contribution in [0.4, 0.5) is 5.69 Å². The second kappa shape index (κ2) is 9.50. The Bertz CT molecular complexity index is 781. The number of aromatic nitrogens is 2. The molecule has 1 saturated heterocycles. The Hall–Kier alpha value is -1.95. The van der Waals surface area contributed by atoms with E-state index in [-0.39, 0.29) is 11.2 Å². The van der Waals surface area contributed by atoms with Gasteiger partial charge in [-0.2, -0.15) is 0 Å². The molecule has 1 amide bonds. The number of piperazine rings is 1. The first kappa shape index (κ1) is 20.8. The zero-order valence-electron chi connectivity index (χ0n) is 17.5. The molecular formula is C22H32N4OS. The normalized spacial score (nSPS) is 15.7. The molecule has 1 aliphatic rings. The smallest absolute Gasteiger partial charge is 0.236 e. The highest BCUT2D eigenvalue weighted by Crippen LogP contribution is 2.27. The van der Waals surface area contributed by atoms with Crippen molar-refractivity contribution in [1.82, 2.24) is 14.5 Å². The molecule has 6 heteroatoms. The number of aryl methyl sites for hydroxylation is 1. The van der Waals surface area contributed by atoms with Gasteiger partial charge in [-0.25, -0.2) is 4.98 Å². The van der Waals surface area contributed by atoms with Crippen molar-refractivity contribution < 1.29 is 4.79 Å². The monoisotopic (exact) mass is 400 g/mol. The van der Waals surface area contributed by atoms with Crippen molar-refractivity contribution in [1.29, 1.82) is 0 Å². The van der Waals surface area contributed by atoms with E-state index < -0.39 is 0 Å². The van der Waals surface area contributed by atoms with Crippen molar-refractivity contribution in [2.45, 2.75) is 57.5 Å². The predicted molar refractivity (Wildman–Crippen MR) is 117 cm³/mol. The lowest BCUT2D eigenvalue weighted by Gasteiger charge is -2.37. The van der Waals surface area contributed by atoms with Gasteiger partial charge in [0.1, 0.15) is 0 Å². The first-order valence-electron chi connectivity index (χ1n) is 10.3. The maximum Gasteiger partial charge on any atom is 0.236 e. The van der Waals surface area contributed by atoms with Crippen LogP contribution in [0, 0.1) is 13.8 Å². The fourth-order valence-corrected chi connectivity index (χ4v) is 4.69. The van der Waals surface area contributed by atoms with E-state index in [1.54, 1.807) is 11.8 Å². The van der Waals surface area contributed by atoms with Gasteiger partial charge in [-0.15, -0.1) is 0 Å². The molecule has 2 aromatic rings. The summed E-state index contributed by atoms with van der Waals surface area (Å²) in [4.78, 5) is 22.1. The number of hydrogen-bond donors (Lipinski definition) is 0. The fourth-order valence-electron chi connectivity index (χ4n) is 3.58. The molecule has 1 aromatic heterocycles. The van der Waals surface area contributed by atoms with E-state index in [2.05, 4.69) is 54.5 Å². The highest BCUT2D eigenvalue weighted by molar-refractivity contribution is 8.00. The van der Waals surface area contributed by atoms with Gasteiger partial charge in [0.25, 0.3) is 0 Å². The highest BCUT2D eigenvalue weighted by Gasteiger charge is 2.27. The number of benzene rings is 1. The average molecular weight is 401 g/mol. The zero-order valence-corrected chi connectivity index (χ0v) is 18.3. The minimum Gasteiger partial charge on any atom is -0.368 e. The summed E-state index contributed by atoms with van der Waals surface area (Å²) >= 11 is 1.60. The third-order valence-corrected chi connectivity index (χ3v) is 6.58. The molecule has 0 bridgehead atoms. The highest BCUT2D eigenvalue weighted by atomic mass is 32.2. The SMILES string of the molecule is CCCCn1c(SC(C)C(=O)N2CCN(c3ccccc3)CC2)nc(C)c1C. The van der Waals surface area contributed by atoms with Crippen LogP contribution >= 0.6 is 11.8 Å². The number of imidazole rings is 1. The summed E-state index contributed by atoms with van der Waals surface area (Å²) < 4.78 is 2.28. The molecule has 0 aliphatic carbocycles. The Kier molecular flexibility index (Phi) is 7.05. The van der Waals surface area contributed by atoms with Crippen molar-refractivity contribution in [3.8, 4) is 0 Å². The molecule has 5 nitrogen and oxygen atoms in total. The Labute approximate surface area is 173 Å². The Morgan fingerprint density at radius 2 is 1.82 bits per heavy atom. The number of amides is 1. The second-order valence-corrected chi connectivity index (χ2v) is 8.79. The molecule has 1 aliphatic heterocycles. The number of rotatable bonds is 7. The van der Waals surface area contributed by atoms with E-state index in [0.29, 0.717) is 0 Å². The Morgan fingerprint density at radius 3 is 2.46 bits per heavy atom. The molecule has 3 rings (SSSR count). The minimum atomic E-state index is -0.121. The second-order valence-electron chi connectivity index (χ2n) is 7.48. The number of thioether (sulfide) groups is 1. The average Bonchev–Trinajstić information content (AvgIpc) is 2.99. The molecule has 152 valence electrons. The van der Waals surface area contributed by atoms with Gasteiger partial charge in [0, 0.05) is 44.1 Å². The van der Waals surface area contributed by atoms with Gasteiger partial charge in [0.05, 0.1) is 10.9 Å². The van der Waals surface area contributed by atoms with E-state index in [0.717, 1.165) is 56.4 Å². The van der Waals surface area contributed by atoms with E-state index in [1.165, 1.54) is 11.4 Å². The van der Waals surface area contributed by atoms with Crippen LogP contribution in [0.3, 0.4) is 0 Å². The largest absolute Gasteiger partial charge is 0.368 e. The van der Waals surface area contributed by atoms with E-state index >= 15 is 0 Å². The number of nitrogens with zero attached hydrogens (tertiary/aromatic N) is 4. The van der Waals surface area contributed by atoms with Gasteiger partial charge in [-0.05, 0) is 39.3 Å². The fraction of sp³-hybridized carbons (Fsp3) is 0.545. The summed E-state index contributed by atoms with van der Waals surface area (Å²) in [5.41, 5.74) is 3.52. The summed E-state index contributed by atoms with van der Waals surface area (Å²) in [6, 6.07) is 10.4. The van der Waals surface area contributed by atoms with Crippen LogP contribution in [0.2, 0.25) is 0 Å². The number of anilines is 1. The van der Waals surface area contributed by atoms with Gasteiger partial charge in [0.15, 0.2) is 5.16 Å². The van der Waals surface area contributed by atoms with Gasteiger partial charge in [-0.3, -0.25) is 4.79 Å². The first-order chi connectivity index (χ1) is 13.5. The van der Waals surface area contributed by atoms with Crippen LogP contribution in [-0.4, -0.2) is 51.8 Å². The molecular weight excluding hydrogens is 368 g/mol. The van der Waals surface area contributed by atoms with E-state index in [4.69, 9.17) is 4.98 Å². The third-order valence-electron chi connectivity index (χ3n) is 5.50. The molecule has 0 radical (unpaired) electrons. The lowest BCUT2D eigenvalue weighted by atomic mass is 10.2. The third kappa shape index (κ3) is 4.72. The van der Waals surface area contributed by atoms with Crippen molar-refractivity contribution in [3.63, 3.8) is 0 Å². The van der Waals surface area contributed by atoms with Crippen LogP contribution in [-0.2, 0) is 11.3 Å². The number of carbonyl (C=O) groups is 1. The Balaban J connectivity index is 1.59. The minimum absolute atomic E-state index is 0.121.